The number of hydrogen-bond donors (Lipinski definition) is 1. The maximum atomic E-state index is 5.49. The SMILES string of the molecule is ClCCOCCCNc1nccn2cnnc12. The van der Waals surface area contributed by atoms with Crippen LogP contribution in [0.5, 0.6) is 0 Å². The summed E-state index contributed by atoms with van der Waals surface area (Å²) in [5.41, 5.74) is 0.731. The van der Waals surface area contributed by atoms with Crippen LogP contribution in [0.25, 0.3) is 5.65 Å². The summed E-state index contributed by atoms with van der Waals surface area (Å²) in [5.74, 6) is 1.27. The highest BCUT2D eigenvalue weighted by Gasteiger charge is 2.02. The van der Waals surface area contributed by atoms with Gasteiger partial charge in [0, 0.05) is 31.4 Å². The van der Waals surface area contributed by atoms with Crippen LogP contribution < -0.4 is 5.32 Å². The van der Waals surface area contributed by atoms with Gasteiger partial charge in [0.05, 0.1) is 6.61 Å². The van der Waals surface area contributed by atoms with Crippen LogP contribution in [-0.2, 0) is 4.74 Å². The number of halogens is 1. The highest BCUT2D eigenvalue weighted by Crippen LogP contribution is 2.09. The third-order valence-electron chi connectivity index (χ3n) is 2.20. The second kappa shape index (κ2) is 6.36. The summed E-state index contributed by atoms with van der Waals surface area (Å²) in [6.07, 6.45) is 6.06. The standard InChI is InChI=1S/C10H14ClN5O/c11-2-7-17-6-1-3-12-9-10-15-14-8-16(10)5-4-13-9/h4-5,8H,1-3,6-7H2,(H,12,13). The zero-order chi connectivity index (χ0) is 11.9. The van der Waals surface area contributed by atoms with Gasteiger partial charge in [-0.25, -0.2) is 4.98 Å². The summed E-state index contributed by atoms with van der Waals surface area (Å²) in [6.45, 7) is 2.07. The molecule has 92 valence electrons. The zero-order valence-corrected chi connectivity index (χ0v) is 10.1. The minimum atomic E-state index is 0.536. The molecule has 0 aliphatic rings. The summed E-state index contributed by atoms with van der Waals surface area (Å²) in [6, 6.07) is 0. The first-order valence-corrected chi connectivity index (χ1v) is 5.97. The molecule has 2 aromatic rings. The number of aromatic nitrogens is 4. The van der Waals surface area contributed by atoms with Crippen LogP contribution >= 0.6 is 11.6 Å². The molecule has 0 spiro atoms. The van der Waals surface area contributed by atoms with Crippen LogP contribution in [-0.4, -0.2) is 45.2 Å². The van der Waals surface area contributed by atoms with Gasteiger partial charge in [-0.05, 0) is 6.42 Å². The van der Waals surface area contributed by atoms with E-state index in [1.165, 1.54) is 0 Å². The van der Waals surface area contributed by atoms with Crippen LogP contribution in [0.4, 0.5) is 5.82 Å². The third-order valence-corrected chi connectivity index (χ3v) is 2.35. The van der Waals surface area contributed by atoms with Crippen molar-refractivity contribution in [3.05, 3.63) is 18.7 Å². The van der Waals surface area contributed by atoms with Crippen molar-refractivity contribution >= 4 is 23.1 Å². The molecule has 0 aromatic carbocycles. The molecule has 17 heavy (non-hydrogen) atoms. The van der Waals surface area contributed by atoms with E-state index in [1.807, 2.05) is 10.6 Å². The molecule has 0 saturated heterocycles. The summed E-state index contributed by atoms with van der Waals surface area (Å²) in [4.78, 5) is 4.22. The predicted molar refractivity (Wildman–Crippen MR) is 65.4 cm³/mol. The minimum Gasteiger partial charge on any atom is -0.380 e. The van der Waals surface area contributed by atoms with E-state index < -0.39 is 0 Å². The van der Waals surface area contributed by atoms with Crippen LogP contribution in [0.3, 0.4) is 0 Å². The monoisotopic (exact) mass is 255 g/mol. The molecule has 0 bridgehead atoms. The van der Waals surface area contributed by atoms with Crippen LogP contribution in [0.1, 0.15) is 6.42 Å². The molecule has 1 N–H and O–H groups in total. The number of fused-ring (bicyclic) bond motifs is 1. The van der Waals surface area contributed by atoms with Crippen LogP contribution in [0, 0.1) is 0 Å². The first-order valence-electron chi connectivity index (χ1n) is 5.44. The maximum Gasteiger partial charge on any atom is 0.203 e. The minimum absolute atomic E-state index is 0.536. The largest absolute Gasteiger partial charge is 0.380 e. The lowest BCUT2D eigenvalue weighted by Gasteiger charge is -2.06. The molecule has 2 aromatic heterocycles. The Hall–Kier alpha value is -1.40. The summed E-state index contributed by atoms with van der Waals surface area (Å²) in [7, 11) is 0. The fourth-order valence-electron chi connectivity index (χ4n) is 1.42. The molecule has 0 radical (unpaired) electrons. The van der Waals surface area contributed by atoms with Crippen molar-refractivity contribution in [1.29, 1.82) is 0 Å². The Bertz CT molecular complexity index is 461. The lowest BCUT2D eigenvalue weighted by Crippen LogP contribution is -2.08. The summed E-state index contributed by atoms with van der Waals surface area (Å²) in [5, 5.41) is 11.0. The lowest BCUT2D eigenvalue weighted by atomic mass is 10.4. The van der Waals surface area contributed by atoms with Gasteiger partial charge in [0.25, 0.3) is 0 Å². The Labute approximate surface area is 104 Å². The van der Waals surface area contributed by atoms with E-state index in [0.29, 0.717) is 19.1 Å². The second-order valence-electron chi connectivity index (χ2n) is 3.42. The number of ether oxygens (including phenoxy) is 1. The number of rotatable bonds is 7. The van der Waals surface area contributed by atoms with Crippen LogP contribution in [0.15, 0.2) is 18.7 Å². The van der Waals surface area contributed by atoms with Gasteiger partial charge in [0.1, 0.15) is 6.33 Å². The van der Waals surface area contributed by atoms with Crippen molar-refractivity contribution in [2.75, 3.05) is 31.0 Å². The topological polar surface area (TPSA) is 64.3 Å². The fraction of sp³-hybridized carbons (Fsp3) is 0.500. The molecule has 0 atom stereocenters. The van der Waals surface area contributed by atoms with Crippen molar-refractivity contribution in [2.24, 2.45) is 0 Å². The molecule has 7 heteroatoms. The number of hydrogen-bond acceptors (Lipinski definition) is 5. The Kier molecular flexibility index (Phi) is 4.52. The Morgan fingerprint density at radius 1 is 1.41 bits per heavy atom. The highest BCUT2D eigenvalue weighted by molar-refractivity contribution is 6.17. The molecule has 0 aliphatic carbocycles. The normalized spacial score (nSPS) is 10.9. The Balaban J connectivity index is 1.80. The second-order valence-corrected chi connectivity index (χ2v) is 3.80. The van der Waals surface area contributed by atoms with E-state index in [1.54, 1.807) is 12.5 Å². The van der Waals surface area contributed by atoms with E-state index in [2.05, 4.69) is 20.5 Å². The van der Waals surface area contributed by atoms with E-state index in [9.17, 15) is 0 Å². The predicted octanol–water partition coefficient (Wildman–Crippen LogP) is 1.18. The van der Waals surface area contributed by atoms with E-state index in [4.69, 9.17) is 16.3 Å². The van der Waals surface area contributed by atoms with E-state index in [-0.39, 0.29) is 0 Å². The zero-order valence-electron chi connectivity index (χ0n) is 9.34. The van der Waals surface area contributed by atoms with Gasteiger partial charge in [-0.3, -0.25) is 4.40 Å². The first-order chi connectivity index (χ1) is 8.42. The summed E-state index contributed by atoms with van der Waals surface area (Å²) < 4.78 is 7.09. The van der Waals surface area contributed by atoms with Gasteiger partial charge in [-0.1, -0.05) is 0 Å². The van der Waals surface area contributed by atoms with Crippen LogP contribution in [0.2, 0.25) is 0 Å². The quantitative estimate of drug-likeness (QED) is 0.595. The number of anilines is 1. The molecular weight excluding hydrogens is 242 g/mol. The van der Waals surface area contributed by atoms with Crippen molar-refractivity contribution in [3.8, 4) is 0 Å². The van der Waals surface area contributed by atoms with Crippen molar-refractivity contribution in [3.63, 3.8) is 0 Å². The number of nitrogens with zero attached hydrogens (tertiary/aromatic N) is 4. The average Bonchev–Trinajstić information content (AvgIpc) is 2.82. The van der Waals surface area contributed by atoms with Gasteiger partial charge >= 0.3 is 0 Å². The third kappa shape index (κ3) is 3.28. The molecule has 2 heterocycles. The number of alkyl halides is 1. The Morgan fingerprint density at radius 3 is 3.24 bits per heavy atom. The smallest absolute Gasteiger partial charge is 0.203 e. The van der Waals surface area contributed by atoms with Crippen molar-refractivity contribution < 1.29 is 4.74 Å². The fourth-order valence-corrected chi connectivity index (χ4v) is 1.53. The lowest BCUT2D eigenvalue weighted by molar-refractivity contribution is 0.149. The maximum absolute atomic E-state index is 5.49. The van der Waals surface area contributed by atoms with E-state index in [0.717, 1.165) is 24.4 Å². The van der Waals surface area contributed by atoms with Gasteiger partial charge in [-0.15, -0.1) is 21.8 Å². The summed E-state index contributed by atoms with van der Waals surface area (Å²) >= 11 is 5.49. The van der Waals surface area contributed by atoms with E-state index >= 15 is 0 Å². The molecule has 0 saturated carbocycles. The molecule has 0 aliphatic heterocycles. The van der Waals surface area contributed by atoms with Gasteiger partial charge < -0.3 is 10.1 Å². The molecular formula is C10H14ClN5O. The molecule has 0 unspecified atom stereocenters. The molecule has 6 nitrogen and oxygen atoms in total. The van der Waals surface area contributed by atoms with Gasteiger partial charge in [0.2, 0.25) is 5.65 Å². The first kappa shape index (κ1) is 12.1. The van der Waals surface area contributed by atoms with Gasteiger partial charge in [-0.2, -0.15) is 0 Å². The number of nitrogens with one attached hydrogen (secondary N) is 1. The molecule has 2 rings (SSSR count). The van der Waals surface area contributed by atoms with Crippen molar-refractivity contribution in [2.45, 2.75) is 6.42 Å². The highest BCUT2D eigenvalue weighted by atomic mass is 35.5. The Morgan fingerprint density at radius 2 is 2.35 bits per heavy atom. The average molecular weight is 256 g/mol. The molecule has 0 fully saturated rings. The molecule has 0 amide bonds. The van der Waals surface area contributed by atoms with Gasteiger partial charge in [0.15, 0.2) is 5.82 Å². The van der Waals surface area contributed by atoms with Crippen molar-refractivity contribution in [1.82, 2.24) is 19.6 Å².